The summed E-state index contributed by atoms with van der Waals surface area (Å²) in [6, 6.07) is 12.2. The fourth-order valence-corrected chi connectivity index (χ4v) is 6.17. The van der Waals surface area contributed by atoms with Gasteiger partial charge in [0.2, 0.25) is 0 Å². The number of hydrogen-bond donors (Lipinski definition) is 2. The molecule has 2 heterocycles. The number of aryl methyl sites for hydroxylation is 2. The van der Waals surface area contributed by atoms with E-state index in [0.717, 1.165) is 27.6 Å². The van der Waals surface area contributed by atoms with Gasteiger partial charge in [0.25, 0.3) is 0 Å². The number of hydrogen-bond acceptors (Lipinski definition) is 8. The van der Waals surface area contributed by atoms with Crippen LogP contribution in [0.3, 0.4) is 0 Å². The summed E-state index contributed by atoms with van der Waals surface area (Å²) in [5, 5.41) is 9.44. The number of rotatable bonds is 8. The fraction of sp³-hybridized carbons (Fsp3) is 0.382. The number of ether oxygens (including phenoxy) is 2. The molecular weight excluding hydrogens is 546 g/mol. The third kappa shape index (κ3) is 6.44. The molecule has 2 aromatic carbocycles. The van der Waals surface area contributed by atoms with Gasteiger partial charge in [0.15, 0.2) is 5.13 Å². The highest BCUT2D eigenvalue weighted by atomic mass is 32.1. The van der Waals surface area contributed by atoms with E-state index in [1.54, 1.807) is 13.8 Å². The summed E-state index contributed by atoms with van der Waals surface area (Å²) in [4.78, 5) is 31.2. The molecule has 1 aliphatic heterocycles. The molecule has 0 unspecified atom stereocenters. The third-order valence-electron chi connectivity index (χ3n) is 7.38. The van der Waals surface area contributed by atoms with Crippen molar-refractivity contribution in [1.82, 2.24) is 10.3 Å². The Morgan fingerprint density at radius 1 is 0.929 bits per heavy atom. The lowest BCUT2D eigenvalue weighted by atomic mass is 9.80. The minimum atomic E-state index is -0.649. The van der Waals surface area contributed by atoms with E-state index in [-0.39, 0.29) is 18.6 Å². The molecule has 0 fully saturated rings. The number of carbonyl (C=O) groups excluding carboxylic acids is 2. The van der Waals surface area contributed by atoms with Crippen molar-refractivity contribution in [3.63, 3.8) is 0 Å². The van der Waals surface area contributed by atoms with Crippen molar-refractivity contribution in [2.75, 3.05) is 18.5 Å². The van der Waals surface area contributed by atoms with Crippen LogP contribution >= 0.6 is 11.3 Å². The maximum Gasteiger partial charge on any atom is 0.336 e. The topological polar surface area (TPSA) is 89.5 Å². The van der Waals surface area contributed by atoms with Crippen molar-refractivity contribution in [2.24, 2.45) is 0 Å². The Kier molecular flexibility index (Phi) is 9.26. The van der Waals surface area contributed by atoms with Crippen molar-refractivity contribution in [1.29, 1.82) is 0 Å². The van der Waals surface area contributed by atoms with Gasteiger partial charge in [-0.05, 0) is 81.3 Å². The summed E-state index contributed by atoms with van der Waals surface area (Å²) in [5.74, 6) is -1.58. The second-order valence-corrected chi connectivity index (χ2v) is 12.5. The van der Waals surface area contributed by atoms with Gasteiger partial charge in [0.1, 0.15) is 0 Å². The van der Waals surface area contributed by atoms with Gasteiger partial charge in [-0.15, -0.1) is 11.3 Å². The number of anilines is 2. The molecule has 0 atom stereocenters. The van der Waals surface area contributed by atoms with Crippen molar-refractivity contribution in [3.8, 4) is 11.3 Å². The zero-order valence-corrected chi connectivity index (χ0v) is 26.8. The van der Waals surface area contributed by atoms with Gasteiger partial charge in [0.05, 0.1) is 36.0 Å². The molecule has 0 aliphatic carbocycles. The first-order valence-electron chi connectivity index (χ1n) is 14.3. The van der Waals surface area contributed by atoms with Crippen LogP contribution < -0.4 is 10.6 Å². The van der Waals surface area contributed by atoms with Crippen LogP contribution in [-0.2, 0) is 24.5 Å². The van der Waals surface area contributed by atoms with Crippen LogP contribution in [0.2, 0.25) is 0 Å². The molecule has 7 nitrogen and oxygen atoms in total. The molecule has 0 amide bonds. The van der Waals surface area contributed by atoms with Crippen LogP contribution in [0.25, 0.3) is 11.3 Å². The molecule has 1 aromatic heterocycles. The molecule has 2 N–H and O–H groups in total. The molecule has 4 rings (SSSR count). The Morgan fingerprint density at radius 3 is 2.02 bits per heavy atom. The Bertz CT molecular complexity index is 1510. The first-order valence-corrected chi connectivity index (χ1v) is 15.2. The molecule has 3 aromatic rings. The van der Waals surface area contributed by atoms with Gasteiger partial charge in [0, 0.05) is 28.0 Å². The summed E-state index contributed by atoms with van der Waals surface area (Å²) < 4.78 is 10.8. The number of allylic oxidation sites excluding steroid dienone is 2. The van der Waals surface area contributed by atoms with E-state index >= 15 is 0 Å². The number of carbonyl (C=O) groups is 2. The van der Waals surface area contributed by atoms with E-state index in [0.29, 0.717) is 22.5 Å². The molecule has 0 radical (unpaired) electrons. The number of aromatic nitrogens is 1. The molecule has 0 saturated heterocycles. The van der Waals surface area contributed by atoms with E-state index in [1.165, 1.54) is 28.0 Å². The monoisotopic (exact) mass is 587 g/mol. The maximum absolute atomic E-state index is 13.2. The van der Waals surface area contributed by atoms with Gasteiger partial charge in [-0.25, -0.2) is 14.6 Å². The molecular formula is C34H41N3O4S. The number of nitrogens with one attached hydrogen (secondary N) is 2. The van der Waals surface area contributed by atoms with Gasteiger partial charge >= 0.3 is 11.9 Å². The lowest BCUT2D eigenvalue weighted by Crippen LogP contribution is -2.32. The van der Waals surface area contributed by atoms with Crippen LogP contribution in [0.15, 0.2) is 64.3 Å². The average molecular weight is 588 g/mol. The Hall–Kier alpha value is -3.91. The fourth-order valence-electron chi connectivity index (χ4n) is 5.45. The lowest BCUT2D eigenvalue weighted by molar-refractivity contribution is -0.139. The van der Waals surface area contributed by atoms with Crippen LogP contribution in [0.1, 0.15) is 76.6 Å². The second kappa shape index (κ2) is 12.5. The smallest absolute Gasteiger partial charge is 0.336 e. The van der Waals surface area contributed by atoms with Crippen molar-refractivity contribution < 1.29 is 19.1 Å². The van der Waals surface area contributed by atoms with Crippen LogP contribution in [0, 0.1) is 13.8 Å². The molecule has 0 saturated carbocycles. The van der Waals surface area contributed by atoms with Crippen molar-refractivity contribution in [3.05, 3.63) is 86.6 Å². The molecule has 222 valence electrons. The van der Waals surface area contributed by atoms with Gasteiger partial charge < -0.3 is 20.1 Å². The molecule has 42 heavy (non-hydrogen) atoms. The number of nitrogens with zero attached hydrogens (tertiary/aromatic N) is 1. The molecule has 1 aliphatic rings. The Morgan fingerprint density at radius 2 is 1.50 bits per heavy atom. The maximum atomic E-state index is 13.2. The van der Waals surface area contributed by atoms with Crippen LogP contribution in [0.5, 0.6) is 0 Å². The lowest BCUT2D eigenvalue weighted by Gasteiger charge is -2.30. The first-order chi connectivity index (χ1) is 19.8. The molecule has 8 heteroatoms. The second-order valence-electron chi connectivity index (χ2n) is 11.6. The Balaban J connectivity index is 1.70. The summed E-state index contributed by atoms with van der Waals surface area (Å²) >= 11 is 1.53. The van der Waals surface area contributed by atoms with E-state index < -0.39 is 17.9 Å². The minimum absolute atomic E-state index is 0.0734. The summed E-state index contributed by atoms with van der Waals surface area (Å²) in [7, 11) is 0. The van der Waals surface area contributed by atoms with E-state index in [9.17, 15) is 9.59 Å². The Labute approximate surface area is 253 Å². The zero-order chi connectivity index (χ0) is 30.8. The highest BCUT2D eigenvalue weighted by Crippen LogP contribution is 2.41. The van der Waals surface area contributed by atoms with Gasteiger partial charge in [-0.2, -0.15) is 0 Å². The summed E-state index contributed by atoms with van der Waals surface area (Å²) in [6.45, 7) is 18.6. The summed E-state index contributed by atoms with van der Waals surface area (Å²) in [5.41, 5.74) is 9.51. The molecule has 0 bridgehead atoms. The quantitative estimate of drug-likeness (QED) is 0.260. The zero-order valence-electron chi connectivity index (χ0n) is 26.0. The largest absolute Gasteiger partial charge is 0.463 e. The molecule has 0 spiro atoms. The first kappa shape index (κ1) is 31.0. The van der Waals surface area contributed by atoms with Gasteiger partial charge in [-0.1, -0.05) is 45.0 Å². The van der Waals surface area contributed by atoms with E-state index in [4.69, 9.17) is 14.5 Å². The van der Waals surface area contributed by atoms with Crippen molar-refractivity contribution >= 4 is 34.1 Å². The number of benzene rings is 2. The predicted octanol–water partition coefficient (Wildman–Crippen LogP) is 7.83. The number of esters is 2. The predicted molar refractivity (Wildman–Crippen MR) is 170 cm³/mol. The highest BCUT2D eigenvalue weighted by Gasteiger charge is 2.38. The van der Waals surface area contributed by atoms with E-state index in [1.807, 2.05) is 38.1 Å². The van der Waals surface area contributed by atoms with E-state index in [2.05, 4.69) is 62.8 Å². The highest BCUT2D eigenvalue weighted by molar-refractivity contribution is 7.14. The average Bonchev–Trinajstić information content (AvgIpc) is 3.35. The normalized spacial score (nSPS) is 14.1. The van der Waals surface area contributed by atoms with Crippen molar-refractivity contribution in [2.45, 2.75) is 73.6 Å². The number of dihydropyridines is 1. The third-order valence-corrected chi connectivity index (χ3v) is 8.14. The summed E-state index contributed by atoms with van der Waals surface area (Å²) in [6.07, 6.45) is 0. The minimum Gasteiger partial charge on any atom is -0.463 e. The van der Waals surface area contributed by atoms with Gasteiger partial charge in [-0.3, -0.25) is 0 Å². The van der Waals surface area contributed by atoms with Crippen LogP contribution in [0.4, 0.5) is 10.8 Å². The van der Waals surface area contributed by atoms with Crippen LogP contribution in [-0.4, -0.2) is 30.1 Å². The number of thiazole rings is 1. The SMILES string of the molecule is CCOC(=O)C1=C(C)NC(C)=C(C(=O)OCC)C1c1cccc(Nc2nc(-c3c(C)cc(C(C)(C)C)cc3C)cs2)c1. The standard InChI is InChI=1S/C34H41N3O4S/c1-10-40-31(38)28-21(5)35-22(6)29(32(39)41-11-2)30(28)23-13-12-14-25(17-23)36-33-37-26(18-42-33)27-19(3)15-24(16-20(27)4)34(7,8)9/h12-18,30,35H,10-11H2,1-9H3,(H,36,37).